The zero-order valence-electron chi connectivity index (χ0n) is 16.7. The van der Waals surface area contributed by atoms with Crippen molar-refractivity contribution in [2.75, 3.05) is 18.4 Å². The number of anilines is 1. The Balaban J connectivity index is 1.91. The molecule has 2 amide bonds. The van der Waals surface area contributed by atoms with E-state index >= 15 is 0 Å². The predicted octanol–water partition coefficient (Wildman–Crippen LogP) is 4.04. The van der Waals surface area contributed by atoms with Crippen LogP contribution in [0.5, 0.6) is 0 Å². The van der Waals surface area contributed by atoms with Crippen LogP contribution in [0.3, 0.4) is 0 Å². The highest BCUT2D eigenvalue weighted by Gasteiger charge is 2.18. The van der Waals surface area contributed by atoms with Crippen molar-refractivity contribution in [1.82, 2.24) is 14.5 Å². The van der Waals surface area contributed by atoms with Gasteiger partial charge >= 0.3 is 0 Å². The number of hydrogen-bond donors (Lipinski definition) is 1. The van der Waals surface area contributed by atoms with Crippen LogP contribution in [0.25, 0.3) is 16.9 Å². The molecule has 30 heavy (non-hydrogen) atoms. The first-order chi connectivity index (χ1) is 14.5. The van der Waals surface area contributed by atoms with Gasteiger partial charge in [-0.2, -0.15) is 0 Å². The van der Waals surface area contributed by atoms with Gasteiger partial charge in [-0.25, -0.2) is 9.37 Å². The van der Waals surface area contributed by atoms with Gasteiger partial charge in [0.1, 0.15) is 12.4 Å². The Kier molecular flexibility index (Phi) is 6.75. The molecule has 7 heteroatoms. The Bertz CT molecular complexity index is 1030. The number of carbonyl (C=O) groups is 2. The first-order valence-corrected chi connectivity index (χ1v) is 9.61. The largest absolute Gasteiger partial charge is 0.330 e. The van der Waals surface area contributed by atoms with E-state index in [0.717, 1.165) is 5.56 Å². The van der Waals surface area contributed by atoms with Gasteiger partial charge in [0.2, 0.25) is 17.8 Å². The predicted molar refractivity (Wildman–Crippen MR) is 115 cm³/mol. The molecule has 0 bridgehead atoms. The van der Waals surface area contributed by atoms with E-state index < -0.39 is 0 Å². The lowest BCUT2D eigenvalue weighted by Crippen LogP contribution is -2.38. The summed E-state index contributed by atoms with van der Waals surface area (Å²) in [6.45, 7) is 5.54. The third kappa shape index (κ3) is 5.00. The van der Waals surface area contributed by atoms with Gasteiger partial charge in [0, 0.05) is 30.4 Å². The Morgan fingerprint density at radius 1 is 1.17 bits per heavy atom. The standard InChI is InChI=1S/C23H23FN4O2/c1-3-14-27(22(30)4-2)16-21(29)26-23-25-20(17-8-6-5-7-9-17)15-28(23)19-12-10-18(24)11-13-19/h3,5-13,15H,1,4,14,16H2,2H3,(H,25,26,29). The Morgan fingerprint density at radius 3 is 2.50 bits per heavy atom. The van der Waals surface area contributed by atoms with E-state index in [9.17, 15) is 14.0 Å². The van der Waals surface area contributed by atoms with Gasteiger partial charge in [0.25, 0.3) is 0 Å². The van der Waals surface area contributed by atoms with Crippen LogP contribution in [0, 0.1) is 5.82 Å². The monoisotopic (exact) mass is 406 g/mol. The van der Waals surface area contributed by atoms with Gasteiger partial charge in [-0.15, -0.1) is 6.58 Å². The summed E-state index contributed by atoms with van der Waals surface area (Å²) in [5.41, 5.74) is 2.18. The van der Waals surface area contributed by atoms with Crippen LogP contribution in [0.2, 0.25) is 0 Å². The molecule has 0 radical (unpaired) electrons. The van der Waals surface area contributed by atoms with Crippen molar-refractivity contribution in [3.63, 3.8) is 0 Å². The molecule has 1 N–H and O–H groups in total. The van der Waals surface area contributed by atoms with Crippen LogP contribution in [0.1, 0.15) is 13.3 Å². The number of nitrogens with one attached hydrogen (secondary N) is 1. The average Bonchev–Trinajstić information content (AvgIpc) is 3.17. The lowest BCUT2D eigenvalue weighted by molar-refractivity contribution is -0.133. The number of benzene rings is 2. The molecular weight excluding hydrogens is 383 g/mol. The van der Waals surface area contributed by atoms with Crippen LogP contribution in [-0.2, 0) is 9.59 Å². The minimum absolute atomic E-state index is 0.115. The van der Waals surface area contributed by atoms with Crippen molar-refractivity contribution < 1.29 is 14.0 Å². The molecule has 0 spiro atoms. The fraction of sp³-hybridized carbons (Fsp3) is 0.174. The second-order valence-corrected chi connectivity index (χ2v) is 6.63. The molecule has 3 rings (SSSR count). The van der Waals surface area contributed by atoms with E-state index in [4.69, 9.17) is 0 Å². The zero-order valence-corrected chi connectivity index (χ0v) is 16.7. The fourth-order valence-electron chi connectivity index (χ4n) is 2.99. The number of hydrogen-bond acceptors (Lipinski definition) is 3. The number of aromatic nitrogens is 2. The Labute approximate surface area is 174 Å². The van der Waals surface area contributed by atoms with Crippen LogP contribution in [0.4, 0.5) is 10.3 Å². The Morgan fingerprint density at radius 2 is 1.87 bits per heavy atom. The molecule has 0 atom stereocenters. The summed E-state index contributed by atoms with van der Waals surface area (Å²) in [6, 6.07) is 15.4. The zero-order chi connectivity index (χ0) is 21.5. The highest BCUT2D eigenvalue weighted by Crippen LogP contribution is 2.24. The number of carbonyl (C=O) groups excluding carboxylic acids is 2. The van der Waals surface area contributed by atoms with Crippen molar-refractivity contribution in [2.45, 2.75) is 13.3 Å². The highest BCUT2D eigenvalue weighted by molar-refractivity contribution is 5.93. The summed E-state index contributed by atoms with van der Waals surface area (Å²) >= 11 is 0. The molecule has 1 aromatic heterocycles. The second kappa shape index (κ2) is 9.65. The number of halogens is 1. The van der Waals surface area contributed by atoms with Crippen LogP contribution in [0.15, 0.2) is 73.4 Å². The van der Waals surface area contributed by atoms with E-state index in [-0.39, 0.29) is 36.7 Å². The van der Waals surface area contributed by atoms with E-state index in [0.29, 0.717) is 17.8 Å². The van der Waals surface area contributed by atoms with Crippen LogP contribution < -0.4 is 5.32 Å². The van der Waals surface area contributed by atoms with Crippen LogP contribution in [-0.4, -0.2) is 39.4 Å². The minimum atomic E-state index is -0.382. The maximum absolute atomic E-state index is 13.4. The number of rotatable bonds is 8. The number of amides is 2. The van der Waals surface area contributed by atoms with Crippen molar-refractivity contribution in [3.05, 3.63) is 79.3 Å². The molecule has 1 heterocycles. The molecule has 154 valence electrons. The molecular formula is C23H23FN4O2. The van der Waals surface area contributed by atoms with Crippen molar-refractivity contribution in [3.8, 4) is 16.9 Å². The first-order valence-electron chi connectivity index (χ1n) is 9.61. The molecule has 0 fully saturated rings. The third-order valence-electron chi connectivity index (χ3n) is 4.47. The van der Waals surface area contributed by atoms with Gasteiger partial charge in [-0.3, -0.25) is 19.5 Å². The van der Waals surface area contributed by atoms with Gasteiger partial charge in [0.15, 0.2) is 0 Å². The molecule has 0 saturated carbocycles. The Hall–Kier alpha value is -3.74. The molecule has 0 aliphatic heterocycles. The lowest BCUT2D eigenvalue weighted by Gasteiger charge is -2.19. The quantitative estimate of drug-likeness (QED) is 0.574. The molecule has 2 aromatic carbocycles. The minimum Gasteiger partial charge on any atom is -0.330 e. The topological polar surface area (TPSA) is 67.2 Å². The summed E-state index contributed by atoms with van der Waals surface area (Å²) in [6.07, 6.45) is 3.65. The van der Waals surface area contributed by atoms with Crippen molar-refractivity contribution in [1.29, 1.82) is 0 Å². The van der Waals surface area contributed by atoms with Crippen LogP contribution >= 0.6 is 0 Å². The van der Waals surface area contributed by atoms with Gasteiger partial charge in [0.05, 0.1) is 5.69 Å². The second-order valence-electron chi connectivity index (χ2n) is 6.63. The molecule has 0 unspecified atom stereocenters. The maximum Gasteiger partial charge on any atom is 0.246 e. The van der Waals surface area contributed by atoms with E-state index in [1.54, 1.807) is 35.9 Å². The molecule has 6 nitrogen and oxygen atoms in total. The summed E-state index contributed by atoms with van der Waals surface area (Å²) in [7, 11) is 0. The molecule has 3 aromatic rings. The fourth-order valence-corrected chi connectivity index (χ4v) is 2.99. The number of nitrogens with zero attached hydrogens (tertiary/aromatic N) is 3. The number of imidazole rings is 1. The summed E-state index contributed by atoms with van der Waals surface area (Å²) in [5.74, 6) is -0.594. The third-order valence-corrected chi connectivity index (χ3v) is 4.47. The molecule has 0 aliphatic carbocycles. The van der Waals surface area contributed by atoms with Crippen molar-refractivity contribution >= 4 is 17.8 Å². The molecule has 0 saturated heterocycles. The average molecular weight is 406 g/mol. The van der Waals surface area contributed by atoms with E-state index in [1.807, 2.05) is 30.3 Å². The molecule has 0 aliphatic rings. The highest BCUT2D eigenvalue weighted by atomic mass is 19.1. The lowest BCUT2D eigenvalue weighted by atomic mass is 10.2. The van der Waals surface area contributed by atoms with Crippen molar-refractivity contribution in [2.24, 2.45) is 0 Å². The van der Waals surface area contributed by atoms with E-state index in [1.165, 1.54) is 17.0 Å². The van der Waals surface area contributed by atoms with Gasteiger partial charge in [-0.05, 0) is 24.3 Å². The summed E-state index contributed by atoms with van der Waals surface area (Å²) in [4.78, 5) is 30.7. The smallest absolute Gasteiger partial charge is 0.246 e. The van der Waals surface area contributed by atoms with E-state index in [2.05, 4.69) is 16.9 Å². The van der Waals surface area contributed by atoms with Gasteiger partial charge in [-0.1, -0.05) is 43.3 Å². The maximum atomic E-state index is 13.4. The van der Waals surface area contributed by atoms with Gasteiger partial charge < -0.3 is 4.90 Å². The summed E-state index contributed by atoms with van der Waals surface area (Å²) < 4.78 is 15.0. The normalized spacial score (nSPS) is 10.5. The first kappa shape index (κ1) is 21.0. The SMILES string of the molecule is C=CCN(CC(=O)Nc1nc(-c2ccccc2)cn1-c1ccc(F)cc1)C(=O)CC. The summed E-state index contributed by atoms with van der Waals surface area (Å²) in [5, 5.41) is 2.77.